The second-order valence-electron chi connectivity index (χ2n) is 19.4. The third kappa shape index (κ3) is 9.17. The highest BCUT2D eigenvalue weighted by Crippen LogP contribution is 2.54. The van der Waals surface area contributed by atoms with Crippen LogP contribution in [0.15, 0.2) is 84.1 Å². The number of anilines is 2. The lowest BCUT2D eigenvalue weighted by Crippen LogP contribution is -2.59. The van der Waals surface area contributed by atoms with Gasteiger partial charge in [0.25, 0.3) is 15.9 Å². The SMILES string of the molecule is CC1CN(C2CC3(CCN(c4ccc(C(=O)NS(=O)(=O)c5cnc(NC[C@H]6CC[C@@H](C)CC6)c([N+](=O)[O-])c5)c(Oc5cnc6[nH]ccc6c5)c4)CC3)C2)[C@H](c2ccccc2C2CC2)CO1. The zero-order valence-electron chi connectivity index (χ0n) is 37.1. The van der Waals surface area contributed by atoms with Crippen LogP contribution in [0.1, 0.15) is 112 Å². The molecule has 0 radical (unpaired) electrons. The van der Waals surface area contributed by atoms with Crippen LogP contribution < -0.4 is 19.7 Å². The Labute approximate surface area is 379 Å². The highest BCUT2D eigenvalue weighted by atomic mass is 32.2. The number of pyridine rings is 2. The zero-order chi connectivity index (χ0) is 44.9. The van der Waals surface area contributed by atoms with Gasteiger partial charge < -0.3 is 24.7 Å². The second-order valence-corrected chi connectivity index (χ2v) is 21.1. The van der Waals surface area contributed by atoms with Gasteiger partial charge in [0.1, 0.15) is 22.0 Å². The van der Waals surface area contributed by atoms with Crippen molar-refractivity contribution in [1.82, 2.24) is 24.6 Å². The van der Waals surface area contributed by atoms with Crippen molar-refractivity contribution < 1.29 is 27.6 Å². The number of carbonyl (C=O) groups is 1. The Balaban J connectivity index is 0.841. The number of hydrogen-bond donors (Lipinski definition) is 3. The minimum atomic E-state index is -4.60. The number of nitro groups is 1. The Kier molecular flexibility index (Phi) is 11.8. The molecular weight excluding hydrogens is 845 g/mol. The van der Waals surface area contributed by atoms with E-state index in [9.17, 15) is 23.3 Å². The summed E-state index contributed by atoms with van der Waals surface area (Å²) in [6.45, 7) is 8.23. The molecule has 65 heavy (non-hydrogen) atoms. The normalized spacial score (nSPS) is 23.8. The number of rotatable bonds is 13. The van der Waals surface area contributed by atoms with Gasteiger partial charge in [-0.05, 0) is 117 Å². The number of aromatic nitrogens is 3. The predicted molar refractivity (Wildman–Crippen MR) is 248 cm³/mol. The van der Waals surface area contributed by atoms with Gasteiger partial charge in [-0.2, -0.15) is 0 Å². The summed E-state index contributed by atoms with van der Waals surface area (Å²) >= 11 is 0. The average Bonchev–Trinajstić information content (AvgIpc) is 4.04. The fourth-order valence-electron chi connectivity index (χ4n) is 10.9. The number of morpholine rings is 1. The minimum Gasteiger partial charge on any atom is -0.455 e. The molecule has 2 atom stereocenters. The first-order valence-electron chi connectivity index (χ1n) is 23.3. The maximum absolute atomic E-state index is 14.0. The van der Waals surface area contributed by atoms with Gasteiger partial charge in [-0.25, -0.2) is 23.1 Å². The molecule has 2 aromatic carbocycles. The van der Waals surface area contributed by atoms with Crippen molar-refractivity contribution in [3.8, 4) is 11.5 Å². The molecule has 2 aliphatic heterocycles. The van der Waals surface area contributed by atoms with E-state index in [0.29, 0.717) is 41.7 Å². The van der Waals surface area contributed by atoms with Crippen LogP contribution in [0.2, 0.25) is 0 Å². The standard InChI is InChI=1S/C49H58N8O7S/c1-31-7-9-33(10-8-31)26-51-47-43(57(59)60)23-39(28-53-47)65(61,62)54-48(58)42-14-13-36(22-45(42)64-38-21-35-15-18-50-46(35)52-27-38)55-19-16-49(17-20-55)24-37(25-49)56-29-32(2)63-30-44(56)41-6-4-3-5-40(41)34-11-12-34/h3-6,13-15,18,21-23,27-28,31-34,37,44H,7-12,16-17,19-20,24-26,29-30H2,1-2H3,(H,50,52)(H,51,53)(H,54,58)/t31-,32?,33+,44-/m0/s1. The van der Waals surface area contributed by atoms with Gasteiger partial charge in [-0.15, -0.1) is 0 Å². The molecule has 3 N–H and O–H groups in total. The summed E-state index contributed by atoms with van der Waals surface area (Å²) < 4.78 is 42.2. The van der Waals surface area contributed by atoms with Crippen molar-refractivity contribution in [2.24, 2.45) is 17.3 Å². The van der Waals surface area contributed by atoms with E-state index in [1.54, 1.807) is 30.6 Å². The monoisotopic (exact) mass is 902 g/mol. The second kappa shape index (κ2) is 17.7. The number of H-pyrrole nitrogens is 1. The van der Waals surface area contributed by atoms with Crippen LogP contribution in [0.3, 0.4) is 0 Å². The van der Waals surface area contributed by atoms with Crippen LogP contribution >= 0.6 is 0 Å². The van der Waals surface area contributed by atoms with E-state index in [-0.39, 0.29) is 34.7 Å². The number of fused-ring (bicyclic) bond motifs is 1. The molecular formula is C49H58N8O7S. The Bertz CT molecular complexity index is 2680. The highest BCUT2D eigenvalue weighted by molar-refractivity contribution is 7.90. The van der Waals surface area contributed by atoms with Crippen molar-refractivity contribution in [3.05, 3.63) is 106 Å². The van der Waals surface area contributed by atoms with Gasteiger partial charge in [0.15, 0.2) is 0 Å². The number of nitrogens with zero attached hydrogens (tertiary/aromatic N) is 5. The first-order chi connectivity index (χ1) is 31.4. The van der Waals surface area contributed by atoms with E-state index < -0.39 is 31.4 Å². The van der Waals surface area contributed by atoms with E-state index in [0.717, 1.165) is 101 Å². The van der Waals surface area contributed by atoms with Crippen LogP contribution in [0.5, 0.6) is 11.5 Å². The van der Waals surface area contributed by atoms with Gasteiger partial charge in [0.05, 0.1) is 41.6 Å². The van der Waals surface area contributed by atoms with E-state index in [4.69, 9.17) is 9.47 Å². The molecule has 1 amide bonds. The Morgan fingerprint density at radius 1 is 0.969 bits per heavy atom. The van der Waals surface area contributed by atoms with Crippen LogP contribution in [-0.2, 0) is 14.8 Å². The molecule has 10 rings (SSSR count). The number of carbonyl (C=O) groups excluding carboxylic acids is 1. The molecule has 342 valence electrons. The van der Waals surface area contributed by atoms with Crippen LogP contribution in [0.25, 0.3) is 11.0 Å². The van der Waals surface area contributed by atoms with Crippen LogP contribution in [0, 0.1) is 27.4 Å². The van der Waals surface area contributed by atoms with Crippen molar-refractivity contribution in [2.75, 3.05) is 43.0 Å². The van der Waals surface area contributed by atoms with E-state index in [2.05, 4.69) is 72.9 Å². The van der Waals surface area contributed by atoms with Crippen LogP contribution in [0.4, 0.5) is 17.2 Å². The third-order valence-electron chi connectivity index (χ3n) is 14.9. The van der Waals surface area contributed by atoms with Crippen molar-refractivity contribution in [1.29, 1.82) is 0 Å². The van der Waals surface area contributed by atoms with E-state index in [1.165, 1.54) is 24.0 Å². The number of benzene rings is 2. The lowest BCUT2D eigenvalue weighted by atomic mass is 9.59. The van der Waals surface area contributed by atoms with Crippen LogP contribution in [-0.4, -0.2) is 84.0 Å². The third-order valence-corrected chi connectivity index (χ3v) is 16.2. The summed E-state index contributed by atoms with van der Waals surface area (Å²) in [4.78, 5) is 41.7. The fraction of sp³-hybridized carbons (Fsp3) is 0.490. The zero-order valence-corrected chi connectivity index (χ0v) is 37.9. The van der Waals surface area contributed by atoms with Gasteiger partial charge >= 0.3 is 5.69 Å². The molecule has 5 heterocycles. The Hall–Kier alpha value is -5.58. The summed E-state index contributed by atoms with van der Waals surface area (Å²) in [5.41, 5.74) is 4.22. The molecule has 2 saturated heterocycles. The first kappa shape index (κ1) is 43.3. The lowest BCUT2D eigenvalue weighted by molar-refractivity contribution is -0.384. The number of ether oxygens (including phenoxy) is 2. The maximum atomic E-state index is 14.0. The minimum absolute atomic E-state index is 0.00962. The van der Waals surface area contributed by atoms with Crippen molar-refractivity contribution >= 4 is 44.2 Å². The summed E-state index contributed by atoms with van der Waals surface area (Å²) in [5, 5.41) is 16.0. The van der Waals surface area contributed by atoms with Gasteiger partial charge in [-0.3, -0.25) is 19.8 Å². The number of sulfonamides is 1. The molecule has 5 aromatic rings. The molecule has 1 unspecified atom stereocenters. The summed E-state index contributed by atoms with van der Waals surface area (Å²) in [5.74, 6) is 1.24. The summed E-state index contributed by atoms with van der Waals surface area (Å²) in [6.07, 6.45) is 15.7. The molecule has 15 nitrogen and oxygen atoms in total. The number of aromatic amines is 1. The van der Waals surface area contributed by atoms with E-state index >= 15 is 0 Å². The van der Waals surface area contributed by atoms with E-state index in [1.807, 2.05) is 12.1 Å². The largest absolute Gasteiger partial charge is 0.455 e. The van der Waals surface area contributed by atoms with Crippen molar-refractivity contribution in [3.63, 3.8) is 0 Å². The quantitative estimate of drug-likeness (QED) is 0.0753. The molecule has 5 aliphatic rings. The number of nitrogens with one attached hydrogen (secondary N) is 3. The van der Waals surface area contributed by atoms with Gasteiger partial charge in [0.2, 0.25) is 5.82 Å². The molecule has 3 aliphatic carbocycles. The maximum Gasteiger partial charge on any atom is 0.312 e. The van der Waals surface area contributed by atoms with Crippen molar-refractivity contribution in [2.45, 2.75) is 107 Å². The molecule has 3 saturated carbocycles. The van der Waals surface area contributed by atoms with Gasteiger partial charge in [-0.1, -0.05) is 44.0 Å². The topological polar surface area (TPSA) is 185 Å². The first-order valence-corrected chi connectivity index (χ1v) is 24.8. The molecule has 16 heteroatoms. The predicted octanol–water partition coefficient (Wildman–Crippen LogP) is 9.10. The summed E-state index contributed by atoms with van der Waals surface area (Å²) in [7, 11) is -4.60. The summed E-state index contributed by atoms with van der Waals surface area (Å²) in [6, 6.07) is 19.5. The smallest absolute Gasteiger partial charge is 0.312 e. The molecule has 3 aromatic heterocycles. The fourth-order valence-corrected chi connectivity index (χ4v) is 11.8. The lowest BCUT2D eigenvalue weighted by Gasteiger charge is -2.58. The molecule has 1 spiro atoms. The Morgan fingerprint density at radius 2 is 1.74 bits per heavy atom. The molecule has 0 bridgehead atoms. The van der Waals surface area contributed by atoms with Gasteiger partial charge in [0, 0.05) is 61.6 Å². The number of amides is 1. The molecule has 5 fully saturated rings. The Morgan fingerprint density at radius 3 is 2.49 bits per heavy atom. The average molecular weight is 903 g/mol. The number of hydrogen-bond acceptors (Lipinski definition) is 12. The number of piperidine rings is 1. The highest BCUT2D eigenvalue weighted by Gasteiger charge is 2.50.